The fourth-order valence-corrected chi connectivity index (χ4v) is 4.66. The van der Waals surface area contributed by atoms with Crippen molar-refractivity contribution in [3.63, 3.8) is 0 Å². The molecule has 0 fully saturated rings. The van der Waals surface area contributed by atoms with Gasteiger partial charge in [0, 0.05) is 31.3 Å². The minimum Gasteiger partial charge on any atom is -0.497 e. The van der Waals surface area contributed by atoms with Crippen LogP contribution < -0.4 is 20.1 Å². The lowest BCUT2D eigenvalue weighted by Gasteiger charge is -2.43. The molecule has 2 N–H and O–H groups in total. The third-order valence-corrected chi connectivity index (χ3v) is 6.81. The Morgan fingerprint density at radius 3 is 2.49 bits per heavy atom. The van der Waals surface area contributed by atoms with Crippen LogP contribution in [-0.4, -0.2) is 58.5 Å². The highest BCUT2D eigenvalue weighted by Crippen LogP contribution is 2.30. The molecule has 0 aliphatic carbocycles. The summed E-state index contributed by atoms with van der Waals surface area (Å²) in [6, 6.07) is 11.1. The second-order valence-corrected chi connectivity index (χ2v) is 9.47. The minimum atomic E-state index is -1.22. The molecule has 0 bridgehead atoms. The van der Waals surface area contributed by atoms with Gasteiger partial charge in [0.15, 0.2) is 5.69 Å². The zero-order valence-electron chi connectivity index (χ0n) is 22.4. The molecule has 206 valence electrons. The fraction of sp³-hybridized carbons (Fsp3) is 0.357. The molecule has 3 amide bonds. The second kappa shape index (κ2) is 11.5. The number of methoxy groups -OCH3 is 2. The van der Waals surface area contributed by atoms with Crippen molar-refractivity contribution in [2.75, 3.05) is 20.8 Å². The standard InChI is InChI=1S/C28H32FN5O5/c1-5-12-34-26(36)24-23(25(35)30-15-19-8-11-21(38-3)13-22(19)39-4)32-17-33(24)16-28(34,2)27(37)31-14-18-6-9-20(29)10-7-18/h6-11,13,17H,5,12,14-16H2,1-4H3,(H,30,35)(H,31,37). The van der Waals surface area contributed by atoms with Crippen LogP contribution >= 0.6 is 0 Å². The monoisotopic (exact) mass is 537 g/mol. The van der Waals surface area contributed by atoms with Gasteiger partial charge in [-0.15, -0.1) is 0 Å². The zero-order chi connectivity index (χ0) is 28.2. The molecular weight excluding hydrogens is 505 g/mol. The maximum atomic E-state index is 13.7. The molecule has 2 heterocycles. The first-order valence-corrected chi connectivity index (χ1v) is 12.6. The van der Waals surface area contributed by atoms with E-state index < -0.39 is 17.4 Å². The molecule has 4 rings (SSSR count). The highest BCUT2D eigenvalue weighted by molar-refractivity contribution is 6.07. The largest absolute Gasteiger partial charge is 0.497 e. The van der Waals surface area contributed by atoms with Crippen LogP contribution in [0.25, 0.3) is 0 Å². The smallest absolute Gasteiger partial charge is 0.273 e. The molecule has 39 heavy (non-hydrogen) atoms. The zero-order valence-corrected chi connectivity index (χ0v) is 22.4. The topological polar surface area (TPSA) is 115 Å². The predicted molar refractivity (Wildman–Crippen MR) is 141 cm³/mol. The Kier molecular flexibility index (Phi) is 8.18. The van der Waals surface area contributed by atoms with Crippen LogP contribution in [0.4, 0.5) is 4.39 Å². The lowest BCUT2D eigenvalue weighted by atomic mass is 9.94. The number of fused-ring (bicyclic) bond motifs is 1. The first-order chi connectivity index (χ1) is 18.7. The van der Waals surface area contributed by atoms with Crippen molar-refractivity contribution < 1.29 is 28.2 Å². The van der Waals surface area contributed by atoms with Crippen molar-refractivity contribution >= 4 is 17.7 Å². The lowest BCUT2D eigenvalue weighted by Crippen LogP contribution is -2.64. The Labute approximate surface area is 226 Å². The van der Waals surface area contributed by atoms with Gasteiger partial charge in [-0.2, -0.15) is 0 Å². The van der Waals surface area contributed by atoms with Crippen molar-refractivity contribution in [1.82, 2.24) is 25.1 Å². The summed E-state index contributed by atoms with van der Waals surface area (Å²) in [6.45, 7) is 4.37. The van der Waals surface area contributed by atoms with Crippen LogP contribution in [0.1, 0.15) is 52.4 Å². The summed E-state index contributed by atoms with van der Waals surface area (Å²) in [4.78, 5) is 46.0. The number of carbonyl (C=O) groups is 3. The van der Waals surface area contributed by atoms with Crippen LogP contribution in [0.2, 0.25) is 0 Å². The van der Waals surface area contributed by atoms with E-state index in [4.69, 9.17) is 9.47 Å². The van der Waals surface area contributed by atoms with E-state index in [0.29, 0.717) is 24.5 Å². The molecule has 0 radical (unpaired) electrons. The van der Waals surface area contributed by atoms with E-state index in [1.54, 1.807) is 48.9 Å². The number of halogens is 1. The summed E-state index contributed by atoms with van der Waals surface area (Å²) in [5.41, 5.74) is 0.358. The van der Waals surface area contributed by atoms with Gasteiger partial charge in [-0.25, -0.2) is 9.37 Å². The number of hydrogen-bond donors (Lipinski definition) is 2. The molecule has 0 saturated heterocycles. The van der Waals surface area contributed by atoms with E-state index in [0.717, 1.165) is 11.1 Å². The van der Waals surface area contributed by atoms with Gasteiger partial charge < -0.3 is 29.6 Å². The number of ether oxygens (including phenoxy) is 2. The first-order valence-electron chi connectivity index (χ1n) is 12.6. The molecule has 1 aromatic heterocycles. The third-order valence-electron chi connectivity index (χ3n) is 6.81. The van der Waals surface area contributed by atoms with Crippen molar-refractivity contribution in [3.8, 4) is 11.5 Å². The van der Waals surface area contributed by atoms with Crippen LogP contribution in [0.15, 0.2) is 48.8 Å². The van der Waals surface area contributed by atoms with Crippen molar-refractivity contribution in [3.05, 3.63) is 77.1 Å². The van der Waals surface area contributed by atoms with E-state index in [-0.39, 0.29) is 42.7 Å². The lowest BCUT2D eigenvalue weighted by molar-refractivity contribution is -0.133. The van der Waals surface area contributed by atoms with Crippen LogP contribution in [0, 0.1) is 5.82 Å². The number of benzene rings is 2. The average Bonchev–Trinajstić information content (AvgIpc) is 3.37. The third kappa shape index (κ3) is 5.57. The highest BCUT2D eigenvalue weighted by atomic mass is 19.1. The maximum Gasteiger partial charge on any atom is 0.273 e. The summed E-state index contributed by atoms with van der Waals surface area (Å²) in [6.07, 6.45) is 2.02. The molecule has 3 aromatic rings. The Hall–Kier alpha value is -4.41. The van der Waals surface area contributed by atoms with Gasteiger partial charge in [0.2, 0.25) is 5.91 Å². The quantitative estimate of drug-likeness (QED) is 0.411. The molecule has 0 saturated carbocycles. The molecule has 1 aliphatic rings. The SMILES string of the molecule is CCCN1C(=O)c2c(C(=O)NCc3ccc(OC)cc3OC)ncn2CC1(C)C(=O)NCc1ccc(F)cc1. The van der Waals surface area contributed by atoms with Crippen LogP contribution in [-0.2, 0) is 24.4 Å². The van der Waals surface area contributed by atoms with E-state index >= 15 is 0 Å². The van der Waals surface area contributed by atoms with Crippen molar-refractivity contribution in [1.29, 1.82) is 0 Å². The Balaban J connectivity index is 1.53. The molecular formula is C28H32FN5O5. The Morgan fingerprint density at radius 2 is 1.82 bits per heavy atom. The normalized spacial score (nSPS) is 16.4. The number of nitrogens with one attached hydrogen (secondary N) is 2. The average molecular weight is 538 g/mol. The molecule has 1 unspecified atom stereocenters. The van der Waals surface area contributed by atoms with Crippen molar-refractivity contribution in [2.45, 2.75) is 45.4 Å². The minimum absolute atomic E-state index is 0.0117. The van der Waals surface area contributed by atoms with Crippen molar-refractivity contribution in [2.24, 2.45) is 0 Å². The number of aromatic nitrogens is 2. The number of hydrogen-bond acceptors (Lipinski definition) is 6. The fourth-order valence-electron chi connectivity index (χ4n) is 4.66. The Bertz CT molecular complexity index is 1370. The van der Waals surface area contributed by atoms with E-state index in [2.05, 4.69) is 15.6 Å². The van der Waals surface area contributed by atoms with Crippen LogP contribution in [0.3, 0.4) is 0 Å². The number of amides is 3. The second-order valence-electron chi connectivity index (χ2n) is 9.47. The Morgan fingerprint density at radius 1 is 1.08 bits per heavy atom. The van der Waals surface area contributed by atoms with Gasteiger partial charge in [0.05, 0.1) is 27.1 Å². The van der Waals surface area contributed by atoms with Gasteiger partial charge in [-0.3, -0.25) is 14.4 Å². The summed E-state index contributed by atoms with van der Waals surface area (Å²) in [5.74, 6) is -0.515. The maximum absolute atomic E-state index is 13.7. The molecule has 1 aliphatic heterocycles. The molecule has 0 spiro atoms. The molecule has 2 aromatic carbocycles. The molecule has 11 heteroatoms. The summed E-state index contributed by atoms with van der Waals surface area (Å²) in [5, 5.41) is 5.67. The number of carbonyl (C=O) groups excluding carboxylic acids is 3. The predicted octanol–water partition coefficient (Wildman–Crippen LogP) is 2.91. The van der Waals surface area contributed by atoms with Gasteiger partial charge in [0.1, 0.15) is 28.5 Å². The van der Waals surface area contributed by atoms with Gasteiger partial charge in [-0.05, 0) is 43.2 Å². The summed E-state index contributed by atoms with van der Waals surface area (Å²) < 4.78 is 25.4. The van der Waals surface area contributed by atoms with E-state index in [9.17, 15) is 18.8 Å². The van der Waals surface area contributed by atoms with Gasteiger partial charge >= 0.3 is 0 Å². The molecule has 10 nitrogen and oxygen atoms in total. The highest BCUT2D eigenvalue weighted by Gasteiger charge is 2.48. The number of rotatable bonds is 10. The van der Waals surface area contributed by atoms with Gasteiger partial charge in [-0.1, -0.05) is 19.1 Å². The first kappa shape index (κ1) is 27.6. The number of nitrogens with zero attached hydrogens (tertiary/aromatic N) is 3. The number of imidazole rings is 1. The summed E-state index contributed by atoms with van der Waals surface area (Å²) in [7, 11) is 3.08. The van der Waals surface area contributed by atoms with Gasteiger partial charge in [0.25, 0.3) is 11.8 Å². The van der Waals surface area contributed by atoms with E-state index in [1.807, 2.05) is 6.92 Å². The van der Waals surface area contributed by atoms with E-state index in [1.165, 1.54) is 30.5 Å². The molecule has 1 atom stereocenters. The summed E-state index contributed by atoms with van der Waals surface area (Å²) >= 11 is 0. The van der Waals surface area contributed by atoms with Crippen LogP contribution in [0.5, 0.6) is 11.5 Å².